The van der Waals surface area contributed by atoms with Crippen LogP contribution in [0.2, 0.25) is 5.02 Å². The number of thiazole rings is 1. The molecule has 4 N–H and O–H groups in total. The summed E-state index contributed by atoms with van der Waals surface area (Å²) in [6, 6.07) is 7.56. The van der Waals surface area contributed by atoms with E-state index in [4.69, 9.17) is 58.4 Å². The second-order valence-electron chi connectivity index (χ2n) is 16.5. The van der Waals surface area contributed by atoms with Crippen LogP contribution in [0, 0.1) is 19.3 Å². The summed E-state index contributed by atoms with van der Waals surface area (Å²) in [6.07, 6.45) is 0.0553. The molecule has 23 nitrogen and oxygen atoms in total. The predicted octanol–water partition coefficient (Wildman–Crippen LogP) is 3.57. The highest BCUT2D eigenvalue weighted by molar-refractivity contribution is 7.17. The van der Waals surface area contributed by atoms with Crippen molar-refractivity contribution in [1.29, 1.82) is 0 Å². The first-order chi connectivity index (χ1) is 38.1. The lowest BCUT2D eigenvalue weighted by Gasteiger charge is -2.33. The van der Waals surface area contributed by atoms with E-state index in [1.54, 1.807) is 19.4 Å². The lowest BCUT2D eigenvalue weighted by molar-refractivity contribution is -0.133. The van der Waals surface area contributed by atoms with Crippen LogP contribution in [0.25, 0.3) is 0 Å². The number of carbonyl (C=O) groups excluding carboxylic acids is 5. The van der Waals surface area contributed by atoms with Crippen molar-refractivity contribution in [3.8, 4) is 0 Å². The van der Waals surface area contributed by atoms with Crippen molar-refractivity contribution in [2.45, 2.75) is 40.0 Å². The molecule has 0 saturated carbocycles. The number of benzene rings is 1. The number of ketones is 1. The molecule has 0 atom stereocenters. The standard InChI is InChI=1S/C27H51N3O12.C22H25ClN6O2S.C2H4/c1-26(34)30-6-11-38-15-19-42-23-27(20-39-16-12-35-8-3-2-7-31,21-40-17-13-36-9-4-28-24-32)22-41-18-14-37-10-5-29-25-33;1-14-5-4-6-17(23)16(14)11-18(30)19-13-24-22(32-19)27-20-12-21(26-15(2)25-20)28-7-9-29(31-3)10-8-28;1-2/h7,24-25H,2-6,8-23H2,1H3,(H,28,32)(H,29,33)(H,30,34);4-6,12-13H,7-11H2,1-3H3,(H,24,25,26,27);1-2H2/i7D,24D,25D;;. The van der Waals surface area contributed by atoms with Crippen LogP contribution in [-0.4, -0.2) is 209 Å². The van der Waals surface area contributed by atoms with E-state index in [0.29, 0.717) is 66.1 Å². The number of halogens is 1. The highest BCUT2D eigenvalue weighted by Crippen LogP contribution is 2.27. The first-order valence-corrected chi connectivity index (χ1v) is 26.0. The number of aldehydes is 1. The monoisotopic (exact) mass is 1110 g/mol. The molecule has 0 bridgehead atoms. The smallest absolute Gasteiger partial charge is 0.216 e. The Balaban J connectivity index is 0.000000547. The number of carbonyl (C=O) groups is 5. The second kappa shape index (κ2) is 43.0. The molecule has 2 aromatic heterocycles. The molecule has 3 amide bonds. The number of ether oxygens (including phenoxy) is 8. The minimum absolute atomic E-state index is 0.0117. The highest BCUT2D eigenvalue weighted by Gasteiger charge is 2.33. The van der Waals surface area contributed by atoms with Crippen LogP contribution < -0.4 is 26.2 Å². The van der Waals surface area contributed by atoms with E-state index in [1.807, 2.05) is 37.1 Å². The Kier molecular flexibility index (Phi) is 34.9. The number of anilines is 3. The van der Waals surface area contributed by atoms with Gasteiger partial charge in [-0.05, 0) is 37.5 Å². The third-order valence-electron chi connectivity index (χ3n) is 10.5. The summed E-state index contributed by atoms with van der Waals surface area (Å²) in [6.45, 7) is 19.4. The molecule has 3 aromatic rings. The fourth-order valence-corrected chi connectivity index (χ4v) is 7.81. The van der Waals surface area contributed by atoms with Crippen LogP contribution in [0.4, 0.5) is 16.8 Å². The Morgan fingerprint density at radius 1 is 0.776 bits per heavy atom. The van der Waals surface area contributed by atoms with Crippen molar-refractivity contribution in [1.82, 2.24) is 36.0 Å². The van der Waals surface area contributed by atoms with Crippen LogP contribution >= 0.6 is 22.9 Å². The van der Waals surface area contributed by atoms with Crippen LogP contribution in [0.15, 0.2) is 43.6 Å². The second-order valence-corrected chi connectivity index (χ2v) is 17.9. The van der Waals surface area contributed by atoms with Gasteiger partial charge in [-0.1, -0.05) is 35.1 Å². The summed E-state index contributed by atoms with van der Waals surface area (Å²) < 4.78 is 66.0. The molecule has 0 unspecified atom stereocenters. The maximum absolute atomic E-state index is 12.8. The lowest BCUT2D eigenvalue weighted by Crippen LogP contribution is -2.46. The summed E-state index contributed by atoms with van der Waals surface area (Å²) in [5, 5.41) is 13.7. The minimum Gasteiger partial charge on any atom is -0.379 e. The summed E-state index contributed by atoms with van der Waals surface area (Å²) in [5.74, 6) is 2.03. The Morgan fingerprint density at radius 3 is 1.83 bits per heavy atom. The van der Waals surface area contributed by atoms with E-state index in [-0.39, 0.29) is 117 Å². The molecule has 1 fully saturated rings. The largest absolute Gasteiger partial charge is 0.379 e. The molecule has 426 valence electrons. The van der Waals surface area contributed by atoms with E-state index in [1.165, 1.54) is 18.3 Å². The minimum atomic E-state index is -0.879. The molecule has 0 radical (unpaired) electrons. The van der Waals surface area contributed by atoms with Gasteiger partial charge in [0.15, 0.2) is 10.9 Å². The SMILES string of the molecule is C=C.CON1CCN(c2cc(Nc3ncc(C(=O)Cc4c(C)cccc4Cl)s3)nc(C)n2)CC1.[2H]C(=O)CCCOCCOCC(COCCOCCNC([2H])=O)(COCCOCCNC([2H])=O)COCCOCCNC(C)=O. The first-order valence-electron chi connectivity index (χ1n) is 26.3. The molecule has 1 aromatic carbocycles. The van der Waals surface area contributed by atoms with Gasteiger partial charge in [0.05, 0.1) is 123 Å². The average molecular weight is 1110 g/mol. The van der Waals surface area contributed by atoms with Crippen molar-refractivity contribution < 1.29 is 70.8 Å². The number of nitrogens with one attached hydrogen (secondary N) is 4. The summed E-state index contributed by atoms with van der Waals surface area (Å²) in [5.41, 5.74) is 1.11. The molecule has 0 aliphatic carbocycles. The van der Waals surface area contributed by atoms with E-state index in [2.05, 4.69) is 54.3 Å². The normalized spacial score (nSPS) is 13.0. The van der Waals surface area contributed by atoms with Crippen molar-refractivity contribution in [3.63, 3.8) is 0 Å². The van der Waals surface area contributed by atoms with Gasteiger partial charge in [0.2, 0.25) is 18.7 Å². The molecule has 3 heterocycles. The molecule has 0 spiro atoms. The van der Waals surface area contributed by atoms with Gasteiger partial charge >= 0.3 is 0 Å². The van der Waals surface area contributed by atoms with Crippen LogP contribution in [-0.2, 0) is 68.3 Å². The van der Waals surface area contributed by atoms with Gasteiger partial charge in [0.1, 0.15) is 27.8 Å². The number of hydroxylamine groups is 2. The number of rotatable bonds is 40. The topological polar surface area (TPSA) is 262 Å². The van der Waals surface area contributed by atoms with Gasteiger partial charge in [-0.15, -0.1) is 13.2 Å². The van der Waals surface area contributed by atoms with E-state index in [0.717, 1.165) is 43.1 Å². The maximum atomic E-state index is 12.8. The van der Waals surface area contributed by atoms with Crippen LogP contribution in [0.1, 0.15) is 50.5 Å². The molecule has 4 rings (SSSR count). The van der Waals surface area contributed by atoms with Crippen molar-refractivity contribution in [3.05, 3.63) is 70.5 Å². The Hall–Kier alpha value is -5.09. The summed E-state index contributed by atoms with van der Waals surface area (Å²) in [7, 11) is 1.69. The average Bonchev–Trinajstić information content (AvgIpc) is 3.90. The molecule has 1 saturated heterocycles. The lowest BCUT2D eigenvalue weighted by atomic mass is 9.92. The first kappa shape index (κ1) is 61.8. The summed E-state index contributed by atoms with van der Waals surface area (Å²) >= 11 is 7.58. The van der Waals surface area contributed by atoms with Gasteiger partial charge in [-0.3, -0.25) is 19.2 Å². The fraction of sp³-hybridized carbons (Fsp3) is 0.608. The number of piperazine rings is 1. The maximum Gasteiger partial charge on any atom is 0.216 e. The van der Waals surface area contributed by atoms with Crippen LogP contribution in [0.5, 0.6) is 0 Å². The molecular weight excluding hydrogens is 1030 g/mol. The van der Waals surface area contributed by atoms with Gasteiger partial charge in [0, 0.05) is 83.3 Å². The zero-order valence-corrected chi connectivity index (χ0v) is 46.0. The number of nitrogens with zero attached hydrogens (tertiary/aromatic N) is 5. The Morgan fingerprint density at radius 2 is 1.32 bits per heavy atom. The van der Waals surface area contributed by atoms with Crippen molar-refractivity contribution in [2.75, 3.05) is 169 Å². The zero-order chi connectivity index (χ0) is 58.1. The number of amides is 3. The number of hydrogen-bond acceptors (Lipinski definition) is 21. The quantitative estimate of drug-likeness (QED) is 0.0275. The Bertz CT molecular complexity index is 2080. The van der Waals surface area contributed by atoms with E-state index >= 15 is 0 Å². The van der Waals surface area contributed by atoms with Gasteiger partial charge < -0.3 is 73.7 Å². The molecule has 1 aliphatic heterocycles. The molecule has 1 aliphatic rings. The van der Waals surface area contributed by atoms with E-state index < -0.39 is 24.4 Å². The zero-order valence-electron chi connectivity index (χ0n) is 47.4. The molecule has 25 heteroatoms. The number of aryl methyl sites for hydroxylation is 2. The number of hydrogen-bond donors (Lipinski definition) is 4. The Labute approximate surface area is 460 Å². The molecule has 76 heavy (non-hydrogen) atoms. The van der Waals surface area contributed by atoms with Gasteiger partial charge in [-0.2, -0.15) is 5.06 Å². The number of Topliss-reactive ketones (excluding diaryl/α,β-unsaturated/α-hetero) is 1. The highest BCUT2D eigenvalue weighted by atomic mass is 35.5. The van der Waals surface area contributed by atoms with E-state index in [9.17, 15) is 24.0 Å². The summed E-state index contributed by atoms with van der Waals surface area (Å²) in [4.78, 5) is 77.3. The fourth-order valence-electron chi connectivity index (χ4n) is 6.76. The third-order valence-corrected chi connectivity index (χ3v) is 11.9. The van der Waals surface area contributed by atoms with Crippen molar-refractivity contribution in [2.24, 2.45) is 5.41 Å². The van der Waals surface area contributed by atoms with Crippen molar-refractivity contribution >= 4 is 70.4 Å². The van der Waals surface area contributed by atoms with Crippen LogP contribution in [0.3, 0.4) is 0 Å². The van der Waals surface area contributed by atoms with Gasteiger partial charge in [-0.25, -0.2) is 15.0 Å². The predicted molar refractivity (Wildman–Crippen MR) is 290 cm³/mol. The third kappa shape index (κ3) is 30.0. The number of aromatic nitrogens is 3. The molecular formula is C51H80ClN9O14S. The van der Waals surface area contributed by atoms with Gasteiger partial charge in [0.25, 0.3) is 0 Å².